The summed E-state index contributed by atoms with van der Waals surface area (Å²) in [6.07, 6.45) is -0.225. The van der Waals surface area contributed by atoms with Gasteiger partial charge in [0, 0.05) is 25.0 Å². The first-order valence-electron chi connectivity index (χ1n) is 5.14. The molecule has 0 amide bonds. The number of nitrogens with one attached hydrogen (secondary N) is 1. The molecule has 0 saturated carbocycles. The Morgan fingerprint density at radius 2 is 2.28 bits per heavy atom. The van der Waals surface area contributed by atoms with Gasteiger partial charge in [-0.3, -0.25) is 4.79 Å². The van der Waals surface area contributed by atoms with Gasteiger partial charge in [-0.2, -0.15) is 17.4 Å². The number of aromatic nitrogens is 1. The largest absolute Gasteiger partial charge is 0.481 e. The van der Waals surface area contributed by atoms with E-state index in [0.29, 0.717) is 0 Å². The molecule has 0 spiro atoms. The molecule has 1 aromatic heterocycles. The smallest absolute Gasteiger partial charge is 0.304 e. The van der Waals surface area contributed by atoms with E-state index in [-0.39, 0.29) is 19.5 Å². The topological polar surface area (TPSA) is 99.6 Å². The second kappa shape index (κ2) is 6.23. The Bertz CT molecular complexity index is 512. The van der Waals surface area contributed by atoms with E-state index >= 15 is 0 Å². The fourth-order valence-corrected chi connectivity index (χ4v) is 2.82. The van der Waals surface area contributed by atoms with Crippen LogP contribution < -0.4 is 4.72 Å². The summed E-state index contributed by atoms with van der Waals surface area (Å²) < 4.78 is 26.9. The second-order valence-corrected chi connectivity index (χ2v) is 6.45. The van der Waals surface area contributed by atoms with E-state index in [0.717, 1.165) is 14.9 Å². The Balaban J connectivity index is 2.54. The van der Waals surface area contributed by atoms with Gasteiger partial charge in [-0.15, -0.1) is 11.3 Å². The third-order valence-corrected chi connectivity index (χ3v) is 4.76. The molecule has 0 saturated heterocycles. The molecule has 1 rings (SSSR count). The third-order valence-electron chi connectivity index (χ3n) is 2.31. The summed E-state index contributed by atoms with van der Waals surface area (Å²) in [7, 11) is -2.31. The zero-order chi connectivity index (χ0) is 13.8. The lowest BCUT2D eigenvalue weighted by Crippen LogP contribution is -2.38. The van der Waals surface area contributed by atoms with Gasteiger partial charge >= 0.3 is 5.97 Å². The van der Waals surface area contributed by atoms with Crippen molar-refractivity contribution < 1.29 is 18.3 Å². The first-order chi connectivity index (χ1) is 8.33. The van der Waals surface area contributed by atoms with E-state index in [1.165, 1.54) is 18.4 Å². The van der Waals surface area contributed by atoms with Crippen LogP contribution in [0.5, 0.6) is 0 Å². The molecule has 1 aromatic rings. The van der Waals surface area contributed by atoms with Gasteiger partial charge in [0.15, 0.2) is 0 Å². The van der Waals surface area contributed by atoms with E-state index in [4.69, 9.17) is 5.11 Å². The molecule has 18 heavy (non-hydrogen) atoms. The Kier molecular flexibility index (Phi) is 5.20. The Morgan fingerprint density at radius 1 is 1.61 bits per heavy atom. The minimum absolute atomic E-state index is 0.0632. The lowest BCUT2D eigenvalue weighted by molar-refractivity contribution is -0.137. The van der Waals surface area contributed by atoms with Crippen LogP contribution in [0.2, 0.25) is 0 Å². The minimum atomic E-state index is -3.65. The Labute approximate surface area is 110 Å². The number of rotatable bonds is 7. The summed E-state index contributed by atoms with van der Waals surface area (Å²) in [4.78, 5) is 15.2. The van der Waals surface area contributed by atoms with Crippen LogP contribution >= 0.6 is 11.3 Å². The molecule has 0 fully saturated rings. The molecule has 0 aliphatic carbocycles. The van der Waals surface area contributed by atoms with Gasteiger partial charge in [0.05, 0.1) is 17.6 Å². The van der Waals surface area contributed by atoms with Gasteiger partial charge in [-0.05, 0) is 6.92 Å². The van der Waals surface area contributed by atoms with E-state index in [2.05, 4.69) is 9.71 Å². The van der Waals surface area contributed by atoms with Gasteiger partial charge in [0.25, 0.3) is 10.2 Å². The van der Waals surface area contributed by atoms with Crippen molar-refractivity contribution in [3.8, 4) is 0 Å². The molecule has 7 nitrogen and oxygen atoms in total. The van der Waals surface area contributed by atoms with Gasteiger partial charge in [-0.25, -0.2) is 4.98 Å². The van der Waals surface area contributed by atoms with Crippen LogP contribution in [-0.2, 0) is 21.5 Å². The Morgan fingerprint density at radius 3 is 2.78 bits per heavy atom. The summed E-state index contributed by atoms with van der Waals surface area (Å²) in [5.41, 5.74) is 2.43. The maximum atomic E-state index is 11.8. The van der Waals surface area contributed by atoms with Crippen molar-refractivity contribution in [3.05, 3.63) is 16.1 Å². The highest BCUT2D eigenvalue weighted by Gasteiger charge is 2.18. The highest BCUT2D eigenvalue weighted by Crippen LogP contribution is 2.12. The maximum absolute atomic E-state index is 11.8. The van der Waals surface area contributed by atoms with Crippen molar-refractivity contribution in [2.75, 3.05) is 13.6 Å². The maximum Gasteiger partial charge on any atom is 0.304 e. The second-order valence-electron chi connectivity index (χ2n) is 3.65. The normalized spacial score (nSPS) is 11.9. The lowest BCUT2D eigenvalue weighted by Gasteiger charge is -2.16. The number of thiazole rings is 1. The quantitative estimate of drug-likeness (QED) is 0.747. The minimum Gasteiger partial charge on any atom is -0.481 e. The van der Waals surface area contributed by atoms with Crippen LogP contribution in [-0.4, -0.2) is 42.4 Å². The van der Waals surface area contributed by atoms with Gasteiger partial charge < -0.3 is 5.11 Å². The average molecular weight is 293 g/mol. The number of carboxylic acids is 1. The van der Waals surface area contributed by atoms with Gasteiger partial charge in [0.2, 0.25) is 0 Å². The van der Waals surface area contributed by atoms with Crippen LogP contribution in [0.15, 0.2) is 5.51 Å². The van der Waals surface area contributed by atoms with E-state index in [9.17, 15) is 13.2 Å². The highest BCUT2D eigenvalue weighted by atomic mass is 32.2. The van der Waals surface area contributed by atoms with Crippen molar-refractivity contribution in [2.24, 2.45) is 0 Å². The fraction of sp³-hybridized carbons (Fsp3) is 0.556. The molecule has 1 heterocycles. The molecule has 0 radical (unpaired) electrons. The number of carbonyl (C=O) groups is 1. The van der Waals surface area contributed by atoms with Crippen LogP contribution in [0.1, 0.15) is 17.0 Å². The summed E-state index contributed by atoms with van der Waals surface area (Å²) in [6.45, 7) is 1.90. The molecular weight excluding hydrogens is 278 g/mol. The predicted molar refractivity (Wildman–Crippen MR) is 67.5 cm³/mol. The van der Waals surface area contributed by atoms with E-state index in [1.54, 1.807) is 12.4 Å². The van der Waals surface area contributed by atoms with Crippen LogP contribution in [0.3, 0.4) is 0 Å². The first kappa shape index (κ1) is 15.0. The molecule has 0 atom stereocenters. The van der Waals surface area contributed by atoms with Gasteiger partial charge in [0.1, 0.15) is 0 Å². The van der Waals surface area contributed by atoms with Crippen molar-refractivity contribution in [3.63, 3.8) is 0 Å². The molecule has 9 heteroatoms. The predicted octanol–water partition coefficient (Wildman–Crippen LogP) is 0.192. The van der Waals surface area contributed by atoms with Crippen molar-refractivity contribution >= 4 is 27.5 Å². The summed E-state index contributed by atoms with van der Waals surface area (Å²) >= 11 is 1.37. The highest BCUT2D eigenvalue weighted by molar-refractivity contribution is 7.87. The van der Waals surface area contributed by atoms with Crippen LogP contribution in [0.4, 0.5) is 0 Å². The number of aryl methyl sites for hydroxylation is 1. The number of carboxylic acid groups (broad SMARTS) is 1. The molecule has 2 N–H and O–H groups in total. The zero-order valence-corrected chi connectivity index (χ0v) is 11.7. The standard InChI is InChI=1S/C9H15N3O4S2/c1-7-8(17-6-10-7)5-11-18(15,16)12(2)4-3-9(13)14/h6,11H,3-5H2,1-2H3,(H,13,14). The molecule has 102 valence electrons. The van der Waals surface area contributed by atoms with Crippen LogP contribution in [0, 0.1) is 6.92 Å². The van der Waals surface area contributed by atoms with E-state index in [1.807, 2.05) is 0 Å². The Hall–Kier alpha value is -1.03. The number of hydrogen-bond donors (Lipinski definition) is 2. The molecular formula is C9H15N3O4S2. The monoisotopic (exact) mass is 293 g/mol. The summed E-state index contributed by atoms with van der Waals surface area (Å²) in [6, 6.07) is 0. The van der Waals surface area contributed by atoms with E-state index < -0.39 is 16.2 Å². The molecule has 0 unspecified atom stereocenters. The summed E-state index contributed by atoms with van der Waals surface area (Å²) in [5.74, 6) is -1.03. The molecule has 0 aliphatic heterocycles. The molecule has 0 bridgehead atoms. The summed E-state index contributed by atoms with van der Waals surface area (Å²) in [5, 5.41) is 8.50. The SMILES string of the molecule is Cc1ncsc1CNS(=O)(=O)N(C)CCC(=O)O. The van der Waals surface area contributed by atoms with Crippen molar-refractivity contribution in [2.45, 2.75) is 19.9 Å². The van der Waals surface area contributed by atoms with Crippen LogP contribution in [0.25, 0.3) is 0 Å². The zero-order valence-electron chi connectivity index (χ0n) is 10.1. The number of nitrogens with zero attached hydrogens (tertiary/aromatic N) is 2. The number of hydrogen-bond acceptors (Lipinski definition) is 5. The van der Waals surface area contributed by atoms with Gasteiger partial charge in [-0.1, -0.05) is 0 Å². The van der Waals surface area contributed by atoms with Crippen molar-refractivity contribution in [1.29, 1.82) is 0 Å². The molecule has 0 aliphatic rings. The lowest BCUT2D eigenvalue weighted by atomic mass is 10.4. The fourth-order valence-electron chi connectivity index (χ4n) is 1.14. The molecule has 0 aromatic carbocycles. The van der Waals surface area contributed by atoms with Crippen molar-refractivity contribution in [1.82, 2.24) is 14.0 Å². The number of aliphatic carboxylic acids is 1. The third kappa shape index (κ3) is 4.33. The average Bonchev–Trinajstić information content (AvgIpc) is 2.69. The first-order valence-corrected chi connectivity index (χ1v) is 7.46.